The van der Waals surface area contributed by atoms with Gasteiger partial charge in [0.2, 0.25) is 0 Å². The molecule has 0 spiro atoms. The molecule has 0 fully saturated rings. The van der Waals surface area contributed by atoms with Gasteiger partial charge < -0.3 is 10.4 Å². The van der Waals surface area contributed by atoms with E-state index in [1.807, 2.05) is 6.92 Å². The Bertz CT molecular complexity index is 738. The Kier molecular flexibility index (Phi) is 4.36. The van der Waals surface area contributed by atoms with Crippen LogP contribution in [0.25, 0.3) is 0 Å². The van der Waals surface area contributed by atoms with Gasteiger partial charge in [0.25, 0.3) is 5.91 Å². The maximum absolute atomic E-state index is 12.3. The molecule has 21 heavy (non-hydrogen) atoms. The van der Waals surface area contributed by atoms with Gasteiger partial charge in [-0.3, -0.25) is 9.48 Å². The molecule has 1 amide bonds. The number of rotatable bonds is 2. The molecule has 0 unspecified atom stereocenters. The third-order valence-electron chi connectivity index (χ3n) is 3.02. The summed E-state index contributed by atoms with van der Waals surface area (Å²) in [7, 11) is 1.79. The second-order valence-electron chi connectivity index (χ2n) is 4.49. The smallest absolute Gasteiger partial charge is 0.260 e. The molecule has 2 rings (SSSR count). The topological polar surface area (TPSA) is 80.0 Å². The first-order valence-corrected chi connectivity index (χ1v) is 6.41. The van der Waals surface area contributed by atoms with Crippen molar-refractivity contribution in [3.63, 3.8) is 0 Å². The van der Waals surface area contributed by atoms with Gasteiger partial charge in [-0.2, -0.15) is 5.10 Å². The van der Waals surface area contributed by atoms with Crippen LogP contribution in [0.15, 0.2) is 18.2 Å². The Balaban J connectivity index is 2.24. The minimum absolute atomic E-state index is 0.230. The van der Waals surface area contributed by atoms with Gasteiger partial charge in [0.05, 0.1) is 11.3 Å². The van der Waals surface area contributed by atoms with Crippen molar-refractivity contribution in [1.29, 1.82) is 0 Å². The molecule has 0 aliphatic carbocycles. The van der Waals surface area contributed by atoms with Crippen molar-refractivity contribution in [2.75, 3.05) is 11.9 Å². The van der Waals surface area contributed by atoms with E-state index in [-0.39, 0.29) is 12.5 Å². The first-order valence-electron chi connectivity index (χ1n) is 6.41. The van der Waals surface area contributed by atoms with Gasteiger partial charge in [0.15, 0.2) is 0 Å². The van der Waals surface area contributed by atoms with E-state index in [1.165, 1.54) is 0 Å². The number of aliphatic hydroxyl groups is 1. The second-order valence-corrected chi connectivity index (χ2v) is 4.49. The van der Waals surface area contributed by atoms with Crippen LogP contribution in [-0.4, -0.2) is 32.4 Å². The number of carbonyl (C=O) groups is 1. The number of anilines is 1. The van der Waals surface area contributed by atoms with Crippen molar-refractivity contribution in [2.24, 2.45) is 7.05 Å². The fraction of sp³-hybridized carbons (Fsp3) is 0.267. The third-order valence-corrected chi connectivity index (χ3v) is 3.02. The number of hydrogen-bond donors (Lipinski definition) is 2. The van der Waals surface area contributed by atoms with E-state index in [4.69, 9.17) is 5.11 Å². The Hall–Kier alpha value is -2.65. The molecule has 0 saturated carbocycles. The zero-order chi connectivity index (χ0) is 15.4. The number of aromatic nitrogens is 3. The number of aryl methyl sites for hydroxylation is 2. The zero-order valence-electron chi connectivity index (χ0n) is 12.1. The quantitative estimate of drug-likeness (QED) is 0.807. The molecule has 0 aliphatic rings. The van der Waals surface area contributed by atoms with E-state index in [0.717, 1.165) is 5.69 Å². The van der Waals surface area contributed by atoms with E-state index in [2.05, 4.69) is 27.2 Å². The van der Waals surface area contributed by atoms with Gasteiger partial charge in [-0.05, 0) is 31.9 Å². The largest absolute Gasteiger partial charge is 0.384 e. The normalized spacial score (nSPS) is 9.90. The van der Waals surface area contributed by atoms with E-state index in [9.17, 15) is 4.79 Å². The highest BCUT2D eigenvalue weighted by Crippen LogP contribution is 2.14. The SMILES string of the molecule is Cc1nn(C)c(C)c1C(=O)Nc1cccc(C#CCO)n1. The van der Waals surface area contributed by atoms with Gasteiger partial charge in [-0.25, -0.2) is 4.98 Å². The average molecular weight is 284 g/mol. The average Bonchev–Trinajstić information content (AvgIpc) is 2.70. The minimum atomic E-state index is -0.252. The molecule has 2 aromatic rings. The Morgan fingerprint density at radius 2 is 2.19 bits per heavy atom. The predicted molar refractivity (Wildman–Crippen MR) is 78.8 cm³/mol. The first kappa shape index (κ1) is 14.8. The Morgan fingerprint density at radius 3 is 2.81 bits per heavy atom. The van der Waals surface area contributed by atoms with E-state index in [1.54, 1.807) is 36.9 Å². The van der Waals surface area contributed by atoms with Crippen LogP contribution in [0.2, 0.25) is 0 Å². The number of pyridine rings is 1. The lowest BCUT2D eigenvalue weighted by Gasteiger charge is -2.05. The van der Waals surface area contributed by atoms with E-state index in [0.29, 0.717) is 22.8 Å². The highest BCUT2D eigenvalue weighted by Gasteiger charge is 2.17. The number of amides is 1. The van der Waals surface area contributed by atoms with Crippen LogP contribution in [0.4, 0.5) is 5.82 Å². The molecule has 0 bridgehead atoms. The Labute approximate surface area is 122 Å². The molecule has 0 saturated heterocycles. The fourth-order valence-electron chi connectivity index (χ4n) is 1.99. The molecule has 108 valence electrons. The molecule has 2 aromatic heterocycles. The summed E-state index contributed by atoms with van der Waals surface area (Å²) >= 11 is 0. The number of carbonyl (C=O) groups excluding carboxylic acids is 1. The van der Waals surface area contributed by atoms with Gasteiger partial charge in [-0.1, -0.05) is 12.0 Å². The zero-order valence-corrected chi connectivity index (χ0v) is 12.1. The summed E-state index contributed by atoms with van der Waals surface area (Å²) in [6.45, 7) is 3.40. The maximum atomic E-state index is 12.3. The molecule has 6 heteroatoms. The van der Waals surface area contributed by atoms with Crippen LogP contribution in [-0.2, 0) is 7.05 Å². The monoisotopic (exact) mass is 284 g/mol. The number of nitrogens with zero attached hydrogens (tertiary/aromatic N) is 3. The van der Waals surface area contributed by atoms with Crippen LogP contribution in [0, 0.1) is 25.7 Å². The van der Waals surface area contributed by atoms with Crippen molar-refractivity contribution in [3.05, 3.63) is 40.8 Å². The van der Waals surface area contributed by atoms with Gasteiger partial charge in [0.1, 0.15) is 18.1 Å². The van der Waals surface area contributed by atoms with Crippen LogP contribution in [0.3, 0.4) is 0 Å². The van der Waals surface area contributed by atoms with Crippen molar-refractivity contribution in [3.8, 4) is 11.8 Å². The van der Waals surface area contributed by atoms with Crippen molar-refractivity contribution >= 4 is 11.7 Å². The maximum Gasteiger partial charge on any atom is 0.260 e. The predicted octanol–water partition coefficient (Wildman–Crippen LogP) is 1.03. The summed E-state index contributed by atoms with van der Waals surface area (Å²) in [5.74, 6) is 5.37. The van der Waals surface area contributed by atoms with Crippen LogP contribution in [0.1, 0.15) is 27.4 Å². The van der Waals surface area contributed by atoms with Gasteiger partial charge in [-0.15, -0.1) is 0 Å². The van der Waals surface area contributed by atoms with Crippen LogP contribution >= 0.6 is 0 Å². The summed E-state index contributed by atoms with van der Waals surface area (Å²) in [6, 6.07) is 5.13. The third kappa shape index (κ3) is 3.27. The molecule has 0 aromatic carbocycles. The second kappa shape index (κ2) is 6.20. The van der Waals surface area contributed by atoms with Gasteiger partial charge >= 0.3 is 0 Å². The molecule has 0 aliphatic heterocycles. The number of aliphatic hydroxyl groups excluding tert-OH is 1. The lowest BCUT2D eigenvalue weighted by atomic mass is 10.2. The minimum Gasteiger partial charge on any atom is -0.384 e. The summed E-state index contributed by atoms with van der Waals surface area (Å²) in [4.78, 5) is 16.5. The fourth-order valence-corrected chi connectivity index (χ4v) is 1.99. The lowest BCUT2D eigenvalue weighted by Crippen LogP contribution is -2.15. The number of nitrogens with one attached hydrogen (secondary N) is 1. The van der Waals surface area contributed by atoms with E-state index < -0.39 is 0 Å². The molecule has 2 N–H and O–H groups in total. The summed E-state index contributed by atoms with van der Waals surface area (Å²) in [6.07, 6.45) is 0. The molecular formula is C15H16N4O2. The summed E-state index contributed by atoms with van der Waals surface area (Å²) in [5.41, 5.74) is 2.50. The number of hydrogen-bond acceptors (Lipinski definition) is 4. The van der Waals surface area contributed by atoms with Crippen LogP contribution in [0.5, 0.6) is 0 Å². The highest BCUT2D eigenvalue weighted by atomic mass is 16.2. The molecular weight excluding hydrogens is 268 g/mol. The lowest BCUT2D eigenvalue weighted by molar-refractivity contribution is 0.102. The molecule has 0 radical (unpaired) electrons. The van der Waals surface area contributed by atoms with Crippen molar-refractivity contribution < 1.29 is 9.90 Å². The van der Waals surface area contributed by atoms with Crippen molar-refractivity contribution in [2.45, 2.75) is 13.8 Å². The highest BCUT2D eigenvalue weighted by molar-refractivity contribution is 6.05. The Morgan fingerprint density at radius 1 is 1.43 bits per heavy atom. The summed E-state index contributed by atoms with van der Waals surface area (Å²) in [5, 5.41) is 15.6. The first-order chi connectivity index (χ1) is 10.0. The molecule has 2 heterocycles. The summed E-state index contributed by atoms with van der Waals surface area (Å²) < 4.78 is 1.67. The molecule has 0 atom stereocenters. The van der Waals surface area contributed by atoms with E-state index >= 15 is 0 Å². The van der Waals surface area contributed by atoms with Gasteiger partial charge in [0, 0.05) is 12.7 Å². The molecule has 6 nitrogen and oxygen atoms in total. The van der Waals surface area contributed by atoms with Crippen molar-refractivity contribution in [1.82, 2.24) is 14.8 Å². The standard InChI is InChI=1S/C15H16N4O2/c1-10-14(11(2)19(3)18-10)15(21)17-13-8-4-6-12(16-13)7-5-9-20/h4,6,8,20H,9H2,1-3H3,(H,16,17,21). The van der Waals surface area contributed by atoms with Crippen LogP contribution < -0.4 is 5.32 Å².